The van der Waals surface area contributed by atoms with E-state index in [9.17, 15) is 0 Å². The summed E-state index contributed by atoms with van der Waals surface area (Å²) in [4.78, 5) is 4.89. The molecule has 0 spiro atoms. The first-order valence-corrected chi connectivity index (χ1v) is 6.82. The van der Waals surface area contributed by atoms with Crippen molar-refractivity contribution >= 4 is 0 Å². The van der Waals surface area contributed by atoms with Crippen molar-refractivity contribution in [3.05, 3.63) is 0 Å². The minimum Gasteiger partial charge on any atom is -0.371 e. The van der Waals surface area contributed by atoms with Crippen LogP contribution in [0.1, 0.15) is 19.8 Å². The van der Waals surface area contributed by atoms with Crippen LogP contribution < -0.4 is 5.32 Å². The predicted molar refractivity (Wildman–Crippen MR) is 70.4 cm³/mol. The van der Waals surface area contributed by atoms with E-state index >= 15 is 0 Å². The van der Waals surface area contributed by atoms with Crippen LogP contribution >= 0.6 is 0 Å². The van der Waals surface area contributed by atoms with Gasteiger partial charge in [-0.3, -0.25) is 0 Å². The SMILES string of the molecule is CN1CCC(N(C)CCOC2(C)CNC2)CC1. The monoisotopic (exact) mass is 241 g/mol. The molecule has 17 heavy (non-hydrogen) atoms. The van der Waals surface area contributed by atoms with Crippen LogP contribution in [0, 0.1) is 0 Å². The Morgan fingerprint density at radius 1 is 1.35 bits per heavy atom. The van der Waals surface area contributed by atoms with Gasteiger partial charge in [0.05, 0.1) is 12.2 Å². The second kappa shape index (κ2) is 5.65. The van der Waals surface area contributed by atoms with E-state index in [0.717, 1.165) is 32.3 Å². The van der Waals surface area contributed by atoms with Gasteiger partial charge in [0.2, 0.25) is 0 Å². The minimum absolute atomic E-state index is 0.105. The summed E-state index contributed by atoms with van der Waals surface area (Å²) in [6.07, 6.45) is 2.59. The van der Waals surface area contributed by atoms with E-state index in [-0.39, 0.29) is 5.60 Å². The molecule has 4 heteroatoms. The van der Waals surface area contributed by atoms with Crippen LogP contribution in [0.2, 0.25) is 0 Å². The average molecular weight is 241 g/mol. The molecule has 100 valence electrons. The van der Waals surface area contributed by atoms with E-state index in [4.69, 9.17) is 4.74 Å². The topological polar surface area (TPSA) is 27.7 Å². The number of hydrogen-bond donors (Lipinski definition) is 1. The maximum Gasteiger partial charge on any atom is 0.0902 e. The summed E-state index contributed by atoms with van der Waals surface area (Å²) in [6.45, 7) is 8.59. The molecule has 0 radical (unpaired) electrons. The number of likely N-dealkylation sites (tertiary alicyclic amines) is 1. The molecule has 0 aromatic rings. The van der Waals surface area contributed by atoms with E-state index in [2.05, 4.69) is 36.1 Å². The smallest absolute Gasteiger partial charge is 0.0902 e. The first kappa shape index (κ1) is 13.3. The van der Waals surface area contributed by atoms with Crippen molar-refractivity contribution in [3.63, 3.8) is 0 Å². The van der Waals surface area contributed by atoms with E-state index in [1.165, 1.54) is 25.9 Å². The zero-order valence-corrected chi connectivity index (χ0v) is 11.5. The van der Waals surface area contributed by atoms with Gasteiger partial charge in [-0.2, -0.15) is 0 Å². The van der Waals surface area contributed by atoms with E-state index in [1.54, 1.807) is 0 Å². The first-order chi connectivity index (χ1) is 8.09. The van der Waals surface area contributed by atoms with E-state index < -0.39 is 0 Å². The molecule has 4 nitrogen and oxygen atoms in total. The molecular weight excluding hydrogens is 214 g/mol. The van der Waals surface area contributed by atoms with Crippen molar-refractivity contribution in [2.45, 2.75) is 31.4 Å². The third-order valence-electron chi connectivity index (χ3n) is 4.20. The lowest BCUT2D eigenvalue weighted by atomic mass is 10.0. The summed E-state index contributed by atoms with van der Waals surface area (Å²) < 4.78 is 5.93. The quantitative estimate of drug-likeness (QED) is 0.754. The highest BCUT2D eigenvalue weighted by atomic mass is 16.5. The summed E-state index contributed by atoms with van der Waals surface area (Å²) in [5.74, 6) is 0. The molecule has 0 atom stereocenters. The third-order valence-corrected chi connectivity index (χ3v) is 4.20. The molecule has 0 amide bonds. The van der Waals surface area contributed by atoms with Crippen molar-refractivity contribution in [1.29, 1.82) is 0 Å². The van der Waals surface area contributed by atoms with Crippen LogP contribution in [0.25, 0.3) is 0 Å². The summed E-state index contributed by atoms with van der Waals surface area (Å²) >= 11 is 0. The van der Waals surface area contributed by atoms with Crippen LogP contribution in [0.15, 0.2) is 0 Å². The Kier molecular flexibility index (Phi) is 4.42. The lowest BCUT2D eigenvalue weighted by Gasteiger charge is -2.40. The molecule has 0 aromatic heterocycles. The highest BCUT2D eigenvalue weighted by Gasteiger charge is 2.32. The molecule has 1 N–H and O–H groups in total. The zero-order chi connectivity index (χ0) is 12.3. The standard InChI is InChI=1S/C13H27N3O/c1-13(10-14-11-13)17-9-8-16(3)12-4-6-15(2)7-5-12/h12,14H,4-11H2,1-3H3. The summed E-state index contributed by atoms with van der Waals surface area (Å²) in [6, 6.07) is 0.752. The fourth-order valence-corrected chi connectivity index (χ4v) is 2.63. The van der Waals surface area contributed by atoms with Crippen molar-refractivity contribution < 1.29 is 4.74 Å². The molecule has 2 rings (SSSR count). The van der Waals surface area contributed by atoms with Gasteiger partial charge >= 0.3 is 0 Å². The highest BCUT2D eigenvalue weighted by molar-refractivity contribution is 4.90. The van der Waals surface area contributed by atoms with Gasteiger partial charge in [0.15, 0.2) is 0 Å². The Bertz CT molecular complexity index is 235. The molecule has 2 aliphatic heterocycles. The van der Waals surface area contributed by atoms with Crippen LogP contribution in [0.3, 0.4) is 0 Å². The molecule has 2 saturated heterocycles. The first-order valence-electron chi connectivity index (χ1n) is 6.82. The normalized spacial score (nSPS) is 26.1. The fraction of sp³-hybridized carbons (Fsp3) is 1.00. The van der Waals surface area contributed by atoms with Gasteiger partial charge < -0.3 is 19.9 Å². The average Bonchev–Trinajstić information content (AvgIpc) is 2.27. The van der Waals surface area contributed by atoms with Gasteiger partial charge in [-0.15, -0.1) is 0 Å². The van der Waals surface area contributed by atoms with Gasteiger partial charge in [0.25, 0.3) is 0 Å². The lowest BCUT2D eigenvalue weighted by molar-refractivity contribution is -0.0738. The molecule has 0 saturated carbocycles. The Morgan fingerprint density at radius 2 is 2.00 bits per heavy atom. The molecule has 0 aliphatic carbocycles. The van der Waals surface area contributed by atoms with Gasteiger partial charge in [-0.25, -0.2) is 0 Å². The summed E-state index contributed by atoms with van der Waals surface area (Å²) in [7, 11) is 4.45. The molecule has 0 bridgehead atoms. The number of nitrogens with one attached hydrogen (secondary N) is 1. The van der Waals surface area contributed by atoms with Gasteiger partial charge in [0, 0.05) is 25.7 Å². The molecular formula is C13H27N3O. The number of rotatable bonds is 5. The van der Waals surface area contributed by atoms with Crippen molar-refractivity contribution in [2.24, 2.45) is 0 Å². The number of hydrogen-bond acceptors (Lipinski definition) is 4. The Labute approximate surface area is 105 Å². The summed E-state index contributed by atoms with van der Waals surface area (Å²) in [5.41, 5.74) is 0.105. The highest BCUT2D eigenvalue weighted by Crippen LogP contribution is 2.16. The van der Waals surface area contributed by atoms with Crippen molar-refractivity contribution in [1.82, 2.24) is 15.1 Å². The molecule has 2 heterocycles. The Hall–Kier alpha value is -0.160. The second-order valence-electron chi connectivity index (χ2n) is 5.92. The lowest BCUT2D eigenvalue weighted by Crippen LogP contribution is -2.59. The van der Waals surface area contributed by atoms with Gasteiger partial charge in [-0.05, 0) is 47.0 Å². The zero-order valence-electron chi connectivity index (χ0n) is 11.5. The van der Waals surface area contributed by atoms with Crippen LogP contribution in [0.5, 0.6) is 0 Å². The molecule has 0 aromatic carbocycles. The second-order valence-corrected chi connectivity index (χ2v) is 5.92. The Balaban J connectivity index is 1.61. The number of likely N-dealkylation sites (N-methyl/N-ethyl adjacent to an activating group) is 1. The number of piperidine rings is 1. The summed E-state index contributed by atoms with van der Waals surface area (Å²) in [5, 5.41) is 3.26. The van der Waals surface area contributed by atoms with Crippen LogP contribution in [0.4, 0.5) is 0 Å². The van der Waals surface area contributed by atoms with Crippen LogP contribution in [-0.4, -0.2) is 74.9 Å². The fourth-order valence-electron chi connectivity index (χ4n) is 2.63. The van der Waals surface area contributed by atoms with Gasteiger partial charge in [0.1, 0.15) is 0 Å². The maximum absolute atomic E-state index is 5.93. The van der Waals surface area contributed by atoms with E-state index in [1.807, 2.05) is 0 Å². The molecule has 0 unspecified atom stereocenters. The van der Waals surface area contributed by atoms with Gasteiger partial charge in [-0.1, -0.05) is 0 Å². The number of ether oxygens (including phenoxy) is 1. The minimum atomic E-state index is 0.105. The van der Waals surface area contributed by atoms with E-state index in [0.29, 0.717) is 0 Å². The molecule has 2 aliphatic rings. The maximum atomic E-state index is 5.93. The largest absolute Gasteiger partial charge is 0.371 e. The van der Waals surface area contributed by atoms with Crippen LogP contribution in [-0.2, 0) is 4.74 Å². The number of nitrogens with zero attached hydrogens (tertiary/aromatic N) is 2. The Morgan fingerprint density at radius 3 is 2.53 bits per heavy atom. The molecule has 2 fully saturated rings. The third kappa shape index (κ3) is 3.65. The van der Waals surface area contributed by atoms with Crippen molar-refractivity contribution in [2.75, 3.05) is 53.4 Å². The predicted octanol–water partition coefficient (Wildman–Crippen LogP) is 0.391. The van der Waals surface area contributed by atoms with Crippen molar-refractivity contribution in [3.8, 4) is 0 Å².